The highest BCUT2D eigenvalue weighted by atomic mass is 16.5. The molecule has 1 spiro atoms. The number of rotatable bonds is 3. The van der Waals surface area contributed by atoms with E-state index in [2.05, 4.69) is 41.3 Å². The molecule has 3 atom stereocenters. The molecule has 3 heteroatoms. The highest BCUT2D eigenvalue weighted by molar-refractivity contribution is 5.54. The average Bonchev–Trinajstić information content (AvgIpc) is 2.94. The summed E-state index contributed by atoms with van der Waals surface area (Å²) in [7, 11) is 0. The summed E-state index contributed by atoms with van der Waals surface area (Å²) in [6.45, 7) is 2.07. The van der Waals surface area contributed by atoms with E-state index in [1.165, 1.54) is 36.8 Å². The molecule has 0 unspecified atom stereocenters. The molecule has 25 heavy (non-hydrogen) atoms. The zero-order chi connectivity index (χ0) is 16.9. The first-order valence-electron chi connectivity index (χ1n) is 9.53. The standard InChI is InChI=1S/C22H25NO2/c24-19-10-4-9-18-21(19)25-20-15-23(13-11-16-6-2-1-3-7-16)17-8-5-12-22(18,20)14-17/h1-4,6-7,9-10,17,20,24H,5,8,11-15H2/t17-,20-,22+/m0/s1. The monoisotopic (exact) mass is 335 g/mol. The molecule has 0 radical (unpaired) electrons. The Morgan fingerprint density at radius 1 is 1.12 bits per heavy atom. The molecular formula is C22H25NO2. The second-order valence-corrected chi connectivity index (χ2v) is 7.90. The Balaban J connectivity index is 1.40. The van der Waals surface area contributed by atoms with Gasteiger partial charge in [0.25, 0.3) is 0 Å². The van der Waals surface area contributed by atoms with Crippen LogP contribution in [-0.2, 0) is 11.8 Å². The Bertz CT molecular complexity index is 775. The molecule has 2 heterocycles. The van der Waals surface area contributed by atoms with Crippen LogP contribution in [0.5, 0.6) is 11.5 Å². The zero-order valence-corrected chi connectivity index (χ0v) is 14.5. The first-order chi connectivity index (χ1) is 12.3. The number of aromatic hydroxyl groups is 1. The van der Waals surface area contributed by atoms with E-state index in [9.17, 15) is 5.11 Å². The molecular weight excluding hydrogens is 310 g/mol. The fourth-order valence-electron chi connectivity index (χ4n) is 5.36. The molecule has 1 aliphatic carbocycles. The number of hydrogen-bond acceptors (Lipinski definition) is 3. The van der Waals surface area contributed by atoms with Crippen molar-refractivity contribution in [2.75, 3.05) is 13.1 Å². The van der Waals surface area contributed by atoms with Crippen molar-refractivity contribution in [1.82, 2.24) is 4.90 Å². The third-order valence-electron chi connectivity index (χ3n) is 6.61. The van der Waals surface area contributed by atoms with Crippen LogP contribution in [0.1, 0.15) is 36.8 Å². The summed E-state index contributed by atoms with van der Waals surface area (Å²) < 4.78 is 6.31. The third kappa shape index (κ3) is 2.36. The van der Waals surface area contributed by atoms with Crippen molar-refractivity contribution in [3.63, 3.8) is 0 Å². The van der Waals surface area contributed by atoms with E-state index in [-0.39, 0.29) is 11.5 Å². The zero-order valence-electron chi connectivity index (χ0n) is 14.5. The van der Waals surface area contributed by atoms with Crippen LogP contribution in [0.25, 0.3) is 0 Å². The predicted octanol–water partition coefficient (Wildman–Crippen LogP) is 3.89. The van der Waals surface area contributed by atoms with Crippen LogP contribution >= 0.6 is 0 Å². The molecule has 0 aromatic heterocycles. The van der Waals surface area contributed by atoms with Gasteiger partial charge in [0.1, 0.15) is 6.10 Å². The molecule has 2 aliphatic heterocycles. The molecule has 1 saturated heterocycles. The van der Waals surface area contributed by atoms with Gasteiger partial charge in [-0.05, 0) is 37.3 Å². The Labute approximate surface area is 149 Å². The third-order valence-corrected chi connectivity index (χ3v) is 6.61. The number of nitrogens with zero attached hydrogens (tertiary/aromatic N) is 1. The topological polar surface area (TPSA) is 32.7 Å². The molecule has 1 N–H and O–H groups in total. The first kappa shape index (κ1) is 15.3. The molecule has 5 rings (SSSR count). The second kappa shape index (κ2) is 5.77. The van der Waals surface area contributed by atoms with E-state index >= 15 is 0 Å². The number of piperidine rings is 1. The lowest BCUT2D eigenvalue weighted by Gasteiger charge is -2.51. The van der Waals surface area contributed by atoms with Crippen LogP contribution in [0.15, 0.2) is 48.5 Å². The summed E-state index contributed by atoms with van der Waals surface area (Å²) in [4.78, 5) is 2.64. The molecule has 130 valence electrons. The van der Waals surface area contributed by atoms with Crippen molar-refractivity contribution in [2.45, 2.75) is 49.7 Å². The minimum absolute atomic E-state index is 0.125. The predicted molar refractivity (Wildman–Crippen MR) is 98.2 cm³/mol. The van der Waals surface area contributed by atoms with Crippen LogP contribution in [-0.4, -0.2) is 35.2 Å². The van der Waals surface area contributed by atoms with Crippen LogP contribution in [0.3, 0.4) is 0 Å². The molecule has 2 aromatic rings. The van der Waals surface area contributed by atoms with E-state index in [1.54, 1.807) is 6.07 Å². The highest BCUT2D eigenvalue weighted by Crippen LogP contribution is 2.56. The molecule has 0 amide bonds. The van der Waals surface area contributed by atoms with Gasteiger partial charge in [-0.2, -0.15) is 0 Å². The summed E-state index contributed by atoms with van der Waals surface area (Å²) in [5.74, 6) is 1.05. The van der Waals surface area contributed by atoms with E-state index in [1.807, 2.05) is 6.07 Å². The van der Waals surface area contributed by atoms with Gasteiger partial charge in [0.2, 0.25) is 0 Å². The smallest absolute Gasteiger partial charge is 0.165 e. The summed E-state index contributed by atoms with van der Waals surface area (Å²) >= 11 is 0. The van der Waals surface area contributed by atoms with Crippen molar-refractivity contribution in [3.05, 3.63) is 59.7 Å². The number of fused-ring (bicyclic) bond motifs is 2. The Kier molecular flexibility index (Phi) is 3.53. The fourth-order valence-corrected chi connectivity index (χ4v) is 5.36. The van der Waals surface area contributed by atoms with Crippen LogP contribution in [0, 0.1) is 0 Å². The van der Waals surface area contributed by atoms with Crippen molar-refractivity contribution in [1.29, 1.82) is 0 Å². The number of phenols is 1. The quantitative estimate of drug-likeness (QED) is 0.923. The molecule has 3 nitrogen and oxygen atoms in total. The van der Waals surface area contributed by atoms with Gasteiger partial charge in [0.15, 0.2) is 11.5 Å². The van der Waals surface area contributed by atoms with Gasteiger partial charge in [0, 0.05) is 30.1 Å². The van der Waals surface area contributed by atoms with Gasteiger partial charge in [-0.15, -0.1) is 0 Å². The maximum atomic E-state index is 10.3. The Morgan fingerprint density at radius 3 is 2.88 bits per heavy atom. The van der Waals surface area contributed by atoms with Gasteiger partial charge in [-0.25, -0.2) is 0 Å². The lowest BCUT2D eigenvalue weighted by Crippen LogP contribution is -2.59. The maximum absolute atomic E-state index is 10.3. The number of benzene rings is 2. The van der Waals surface area contributed by atoms with E-state index in [0.29, 0.717) is 11.8 Å². The van der Waals surface area contributed by atoms with Crippen LogP contribution in [0.2, 0.25) is 0 Å². The van der Waals surface area contributed by atoms with Gasteiger partial charge in [-0.3, -0.25) is 4.90 Å². The fraction of sp³-hybridized carbons (Fsp3) is 0.455. The first-order valence-corrected chi connectivity index (χ1v) is 9.53. The van der Waals surface area contributed by atoms with Gasteiger partial charge < -0.3 is 9.84 Å². The van der Waals surface area contributed by atoms with E-state index in [4.69, 9.17) is 4.74 Å². The van der Waals surface area contributed by atoms with Gasteiger partial charge in [0.05, 0.1) is 0 Å². The summed E-state index contributed by atoms with van der Waals surface area (Å²) in [5.41, 5.74) is 2.79. The molecule has 2 bridgehead atoms. The number of para-hydroxylation sites is 1. The van der Waals surface area contributed by atoms with Gasteiger partial charge in [-0.1, -0.05) is 48.9 Å². The Hall–Kier alpha value is -2.00. The summed E-state index contributed by atoms with van der Waals surface area (Å²) in [6.07, 6.45) is 6.18. The normalized spacial score (nSPS) is 30.4. The van der Waals surface area contributed by atoms with Gasteiger partial charge >= 0.3 is 0 Å². The van der Waals surface area contributed by atoms with Crippen LogP contribution in [0.4, 0.5) is 0 Å². The van der Waals surface area contributed by atoms with Crippen molar-refractivity contribution >= 4 is 0 Å². The Morgan fingerprint density at radius 2 is 2.00 bits per heavy atom. The van der Waals surface area contributed by atoms with E-state index in [0.717, 1.165) is 25.3 Å². The number of ether oxygens (including phenoxy) is 1. The summed E-state index contributed by atoms with van der Waals surface area (Å²) in [5, 5.41) is 10.3. The minimum atomic E-state index is 0.125. The van der Waals surface area contributed by atoms with Crippen molar-refractivity contribution in [3.8, 4) is 11.5 Å². The van der Waals surface area contributed by atoms with Crippen molar-refractivity contribution < 1.29 is 9.84 Å². The highest BCUT2D eigenvalue weighted by Gasteiger charge is 2.56. The SMILES string of the molecule is Oc1cccc2c1O[C@H]1CN(CCc3ccccc3)[C@H]3CCC[C@@]21C3. The number of likely N-dealkylation sites (tertiary alicyclic amines) is 1. The average molecular weight is 335 g/mol. The molecule has 3 aliphatic rings. The lowest BCUT2D eigenvalue weighted by molar-refractivity contribution is -0.0213. The van der Waals surface area contributed by atoms with Crippen molar-refractivity contribution in [2.24, 2.45) is 0 Å². The molecule has 2 aromatic carbocycles. The second-order valence-electron chi connectivity index (χ2n) is 7.90. The minimum Gasteiger partial charge on any atom is -0.504 e. The van der Waals surface area contributed by atoms with E-state index < -0.39 is 0 Å². The largest absolute Gasteiger partial charge is 0.504 e. The molecule has 1 saturated carbocycles. The maximum Gasteiger partial charge on any atom is 0.165 e. The lowest BCUT2D eigenvalue weighted by atomic mass is 9.63. The number of hydrogen-bond donors (Lipinski definition) is 1. The van der Waals surface area contributed by atoms with Crippen LogP contribution < -0.4 is 4.74 Å². The number of phenolic OH excluding ortho intramolecular Hbond substituents is 1. The molecule has 2 fully saturated rings. The summed E-state index contributed by atoms with van der Waals surface area (Å²) in [6, 6.07) is 17.3.